The fraction of sp³-hybridized carbons (Fsp3) is 0.389. The van der Waals surface area contributed by atoms with Crippen molar-refractivity contribution in [2.75, 3.05) is 41.4 Å². The van der Waals surface area contributed by atoms with E-state index in [1.165, 1.54) is 4.79 Å². The molecule has 0 atom stereocenters. The maximum absolute atomic E-state index is 10.5. The first-order valence-corrected chi connectivity index (χ1v) is 9.18. The Labute approximate surface area is 155 Å². The van der Waals surface area contributed by atoms with E-state index in [1.807, 2.05) is 29.3 Å². The lowest BCUT2D eigenvalue weighted by molar-refractivity contribution is 0.461. The lowest BCUT2D eigenvalue weighted by Gasteiger charge is -2.33. The zero-order chi connectivity index (χ0) is 18.4. The van der Waals surface area contributed by atoms with Gasteiger partial charge in [0, 0.05) is 44.5 Å². The number of pyridine rings is 1. The third-order valence-electron chi connectivity index (χ3n) is 5.21. The molecule has 1 aromatic carbocycles. The second-order valence-electron chi connectivity index (χ2n) is 7.03. The summed E-state index contributed by atoms with van der Waals surface area (Å²) in [6.45, 7) is 3.52. The number of phenols is 2. The molecule has 0 amide bonds. The zero-order valence-corrected chi connectivity index (χ0v) is 14.8. The van der Waals surface area contributed by atoms with Crippen LogP contribution in [0, 0.1) is 0 Å². The van der Waals surface area contributed by atoms with E-state index in [-0.39, 0.29) is 17.5 Å². The van der Waals surface area contributed by atoms with Crippen molar-refractivity contribution in [1.82, 2.24) is 20.1 Å². The SMILES string of the molecule is Oc1c(N2CC2)cc(O)c2c1nnn2NC1CCN(c2ccccn2)CC1. The Kier molecular flexibility index (Phi) is 3.66. The molecule has 140 valence electrons. The molecule has 2 saturated heterocycles. The van der Waals surface area contributed by atoms with E-state index in [0.29, 0.717) is 16.7 Å². The average molecular weight is 367 g/mol. The molecule has 0 radical (unpaired) electrons. The lowest BCUT2D eigenvalue weighted by atomic mass is 10.1. The number of aromatic nitrogens is 4. The summed E-state index contributed by atoms with van der Waals surface area (Å²) in [7, 11) is 0. The van der Waals surface area contributed by atoms with Crippen molar-refractivity contribution in [2.24, 2.45) is 0 Å². The maximum atomic E-state index is 10.5. The topological polar surface area (TPSA) is 102 Å². The average Bonchev–Trinajstić information content (AvgIpc) is 3.46. The Hall–Kier alpha value is -3.23. The van der Waals surface area contributed by atoms with E-state index in [4.69, 9.17) is 0 Å². The van der Waals surface area contributed by atoms with Crippen LogP contribution in [0.25, 0.3) is 11.0 Å². The van der Waals surface area contributed by atoms with Crippen molar-refractivity contribution in [1.29, 1.82) is 0 Å². The molecule has 2 aliphatic rings. The van der Waals surface area contributed by atoms with Gasteiger partial charge in [0.1, 0.15) is 11.6 Å². The predicted octanol–water partition coefficient (Wildman–Crippen LogP) is 1.27. The second-order valence-corrected chi connectivity index (χ2v) is 7.03. The summed E-state index contributed by atoms with van der Waals surface area (Å²) in [4.78, 5) is 10.1. The molecule has 9 heteroatoms. The summed E-state index contributed by atoms with van der Waals surface area (Å²) in [6.07, 6.45) is 3.63. The molecule has 0 spiro atoms. The van der Waals surface area contributed by atoms with Crippen LogP contribution in [-0.4, -0.2) is 62.5 Å². The summed E-state index contributed by atoms with van der Waals surface area (Å²) < 4.78 is 0. The van der Waals surface area contributed by atoms with Crippen LogP contribution in [0.2, 0.25) is 0 Å². The molecular weight excluding hydrogens is 346 g/mol. The normalized spacial score (nSPS) is 17.5. The number of aromatic hydroxyl groups is 2. The second kappa shape index (κ2) is 6.19. The molecule has 0 aliphatic carbocycles. The molecule has 2 aromatic heterocycles. The van der Waals surface area contributed by atoms with Crippen LogP contribution in [-0.2, 0) is 0 Å². The highest BCUT2D eigenvalue weighted by molar-refractivity contribution is 5.93. The van der Waals surface area contributed by atoms with Crippen LogP contribution >= 0.6 is 0 Å². The minimum atomic E-state index is 0.0631. The van der Waals surface area contributed by atoms with Gasteiger partial charge in [0.25, 0.3) is 0 Å². The van der Waals surface area contributed by atoms with Crippen LogP contribution in [0.1, 0.15) is 12.8 Å². The maximum Gasteiger partial charge on any atom is 0.169 e. The number of fused-ring (bicyclic) bond motifs is 1. The first-order chi connectivity index (χ1) is 13.2. The highest BCUT2D eigenvalue weighted by Gasteiger charge is 2.27. The van der Waals surface area contributed by atoms with Crippen LogP contribution in [0.15, 0.2) is 30.5 Å². The third-order valence-corrected chi connectivity index (χ3v) is 5.21. The third kappa shape index (κ3) is 2.84. The summed E-state index contributed by atoms with van der Waals surface area (Å²) in [5.74, 6) is 1.12. The quantitative estimate of drug-likeness (QED) is 0.468. The van der Waals surface area contributed by atoms with Gasteiger partial charge in [-0.25, -0.2) is 4.98 Å². The zero-order valence-electron chi connectivity index (χ0n) is 14.8. The summed E-state index contributed by atoms with van der Waals surface area (Å²) in [6, 6.07) is 7.71. The molecular formula is C18H21N7O2. The van der Waals surface area contributed by atoms with Gasteiger partial charge >= 0.3 is 0 Å². The highest BCUT2D eigenvalue weighted by Crippen LogP contribution is 2.41. The largest absolute Gasteiger partial charge is 0.505 e. The number of nitrogens with zero attached hydrogens (tertiary/aromatic N) is 6. The number of rotatable bonds is 4. The number of benzene rings is 1. The smallest absolute Gasteiger partial charge is 0.169 e. The standard InChI is InChI=1S/C18H21N7O2/c26-14-11-13(23-9-10-23)18(27)16-17(14)25(22-20-16)21-12-4-7-24(8-5-12)15-3-1-2-6-19-15/h1-3,6,11-12,21,26-27H,4-5,7-10H2. The van der Waals surface area contributed by atoms with Crippen LogP contribution in [0.3, 0.4) is 0 Å². The van der Waals surface area contributed by atoms with E-state index >= 15 is 0 Å². The van der Waals surface area contributed by atoms with Gasteiger partial charge in [0.05, 0.1) is 5.69 Å². The number of hydrogen-bond acceptors (Lipinski definition) is 8. The van der Waals surface area contributed by atoms with Crippen LogP contribution in [0.4, 0.5) is 11.5 Å². The Bertz CT molecular complexity index is 963. The van der Waals surface area contributed by atoms with Crippen LogP contribution < -0.4 is 15.2 Å². The Morgan fingerprint density at radius 3 is 2.56 bits per heavy atom. The lowest BCUT2D eigenvalue weighted by Crippen LogP contribution is -2.42. The van der Waals surface area contributed by atoms with Crippen molar-refractivity contribution in [2.45, 2.75) is 18.9 Å². The highest BCUT2D eigenvalue weighted by atomic mass is 16.3. The molecule has 0 saturated carbocycles. The monoisotopic (exact) mass is 367 g/mol. The van der Waals surface area contributed by atoms with Gasteiger partial charge in [-0.1, -0.05) is 6.07 Å². The molecule has 3 N–H and O–H groups in total. The van der Waals surface area contributed by atoms with Gasteiger partial charge < -0.3 is 25.4 Å². The van der Waals surface area contributed by atoms with Crippen molar-refractivity contribution in [3.05, 3.63) is 30.5 Å². The number of phenolic OH excluding ortho intramolecular Hbond substituents is 2. The van der Waals surface area contributed by atoms with Gasteiger partial charge in [-0.15, -0.1) is 5.10 Å². The minimum Gasteiger partial charge on any atom is -0.505 e. The fourth-order valence-corrected chi connectivity index (χ4v) is 3.63. The molecule has 0 bridgehead atoms. The van der Waals surface area contributed by atoms with Gasteiger partial charge in [-0.2, -0.15) is 4.79 Å². The van der Waals surface area contributed by atoms with Crippen LogP contribution in [0.5, 0.6) is 11.5 Å². The Morgan fingerprint density at radius 2 is 1.85 bits per heavy atom. The Morgan fingerprint density at radius 1 is 1.04 bits per heavy atom. The summed E-state index contributed by atoms with van der Waals surface area (Å²) in [5.41, 5.74) is 4.65. The van der Waals surface area contributed by atoms with E-state index in [0.717, 1.165) is 44.8 Å². The summed E-state index contributed by atoms with van der Waals surface area (Å²) >= 11 is 0. The molecule has 2 fully saturated rings. The van der Waals surface area contributed by atoms with Crippen molar-refractivity contribution < 1.29 is 10.2 Å². The van der Waals surface area contributed by atoms with Crippen molar-refractivity contribution in [3.8, 4) is 11.5 Å². The van der Waals surface area contributed by atoms with Crippen molar-refractivity contribution >= 4 is 22.5 Å². The Balaban J connectivity index is 1.33. The first kappa shape index (κ1) is 16.0. The van der Waals surface area contributed by atoms with E-state index < -0.39 is 0 Å². The van der Waals surface area contributed by atoms with E-state index in [9.17, 15) is 10.2 Å². The predicted molar refractivity (Wildman–Crippen MR) is 102 cm³/mol. The van der Waals surface area contributed by atoms with E-state index in [2.05, 4.69) is 25.6 Å². The fourth-order valence-electron chi connectivity index (χ4n) is 3.63. The molecule has 3 aromatic rings. The molecule has 9 nitrogen and oxygen atoms in total. The minimum absolute atomic E-state index is 0.0631. The van der Waals surface area contributed by atoms with Gasteiger partial charge in [0.15, 0.2) is 16.8 Å². The van der Waals surface area contributed by atoms with E-state index in [1.54, 1.807) is 6.07 Å². The number of anilines is 2. The molecule has 2 aliphatic heterocycles. The summed E-state index contributed by atoms with van der Waals surface area (Å²) in [5, 5.41) is 29.1. The molecule has 0 unspecified atom stereocenters. The number of nitrogens with one attached hydrogen (secondary N) is 1. The molecule has 27 heavy (non-hydrogen) atoms. The number of hydrogen-bond donors (Lipinski definition) is 3. The first-order valence-electron chi connectivity index (χ1n) is 9.18. The number of piperidine rings is 1. The van der Waals surface area contributed by atoms with Gasteiger partial charge in [-0.3, -0.25) is 0 Å². The van der Waals surface area contributed by atoms with Crippen molar-refractivity contribution in [3.63, 3.8) is 0 Å². The van der Waals surface area contributed by atoms with Gasteiger partial charge in [-0.05, 0) is 30.2 Å². The molecule has 5 rings (SSSR count). The molecule has 4 heterocycles. The van der Waals surface area contributed by atoms with Gasteiger partial charge in [0.2, 0.25) is 0 Å².